The highest BCUT2D eigenvalue weighted by molar-refractivity contribution is 5.99. The molecule has 2 aromatic carbocycles. The number of fused-ring (bicyclic) bond motifs is 1. The van der Waals surface area contributed by atoms with Gasteiger partial charge in [0.25, 0.3) is 12.6 Å². The van der Waals surface area contributed by atoms with Crippen LogP contribution in [0.15, 0.2) is 60.7 Å². The van der Waals surface area contributed by atoms with Crippen LogP contribution in [0.25, 0.3) is 27.2 Å². The fourth-order valence-corrected chi connectivity index (χ4v) is 4.52. The summed E-state index contributed by atoms with van der Waals surface area (Å²) in [6.07, 6.45) is 3.90. The lowest BCUT2D eigenvalue weighted by Crippen LogP contribution is -2.43. The number of nitrogens with zero attached hydrogens (tertiary/aromatic N) is 3. The van der Waals surface area contributed by atoms with Crippen LogP contribution < -0.4 is 5.73 Å². The highest BCUT2D eigenvalue weighted by atomic mass is 16.2. The number of rotatable bonds is 4. The number of nitrogens with two attached hydrogens (primary N) is 1. The lowest BCUT2D eigenvalue weighted by Gasteiger charge is -2.38. The van der Waals surface area contributed by atoms with Crippen molar-refractivity contribution in [1.29, 1.82) is 0 Å². The van der Waals surface area contributed by atoms with Gasteiger partial charge in [0.15, 0.2) is 0 Å². The highest BCUT2D eigenvalue weighted by Gasteiger charge is 2.34. The van der Waals surface area contributed by atoms with Crippen molar-refractivity contribution in [2.75, 3.05) is 13.2 Å². The Kier molecular flexibility index (Phi) is 4.80. The van der Waals surface area contributed by atoms with Gasteiger partial charge in [-0.05, 0) is 36.5 Å². The highest BCUT2D eigenvalue weighted by Crippen LogP contribution is 2.40. The van der Waals surface area contributed by atoms with E-state index in [0.717, 1.165) is 40.9 Å². The summed E-state index contributed by atoms with van der Waals surface area (Å²) in [5, 5.41) is 0. The number of benzene rings is 2. The Morgan fingerprint density at radius 1 is 1.03 bits per heavy atom. The van der Waals surface area contributed by atoms with Gasteiger partial charge < -0.3 is 5.73 Å². The van der Waals surface area contributed by atoms with Crippen molar-refractivity contribution >= 4 is 5.91 Å². The number of aromatic nitrogens is 1. The SMILES string of the molecule is [C-]#[N+]CN1CCc2nc(-c3ccc(C4(N)CCC4)cc3)c(-c3ccccc3)cc2C1=O. The summed E-state index contributed by atoms with van der Waals surface area (Å²) in [6.45, 7) is 7.74. The molecule has 1 aliphatic carbocycles. The summed E-state index contributed by atoms with van der Waals surface area (Å²) in [5.74, 6) is -0.112. The maximum Gasteiger partial charge on any atom is 0.291 e. The Labute approximate surface area is 182 Å². The minimum Gasteiger partial charge on any atom is -0.321 e. The third-order valence-corrected chi connectivity index (χ3v) is 6.54. The van der Waals surface area contributed by atoms with Gasteiger partial charge in [0.1, 0.15) is 0 Å². The molecule has 3 aromatic rings. The largest absolute Gasteiger partial charge is 0.321 e. The summed E-state index contributed by atoms with van der Waals surface area (Å²) in [4.78, 5) is 22.9. The van der Waals surface area contributed by atoms with Crippen LogP contribution in [-0.4, -0.2) is 29.0 Å². The molecular weight excluding hydrogens is 384 g/mol. The number of carbonyl (C=O) groups excluding carboxylic acids is 1. The zero-order valence-corrected chi connectivity index (χ0v) is 17.3. The smallest absolute Gasteiger partial charge is 0.291 e. The van der Waals surface area contributed by atoms with Gasteiger partial charge in [-0.15, -0.1) is 0 Å². The maximum atomic E-state index is 13.0. The molecule has 1 aliphatic heterocycles. The van der Waals surface area contributed by atoms with Gasteiger partial charge >= 0.3 is 0 Å². The molecule has 154 valence electrons. The molecule has 5 nitrogen and oxygen atoms in total. The summed E-state index contributed by atoms with van der Waals surface area (Å²) < 4.78 is 0. The van der Waals surface area contributed by atoms with Crippen molar-refractivity contribution < 1.29 is 4.79 Å². The Hall–Kier alpha value is -3.49. The van der Waals surface area contributed by atoms with Gasteiger partial charge in [-0.25, -0.2) is 6.57 Å². The van der Waals surface area contributed by atoms with Gasteiger partial charge in [-0.2, -0.15) is 0 Å². The minimum atomic E-state index is -0.192. The minimum absolute atomic E-state index is 0.0863. The second-order valence-corrected chi connectivity index (χ2v) is 8.45. The molecule has 5 rings (SSSR count). The first-order chi connectivity index (χ1) is 15.1. The standard InChI is InChI=1S/C26H24N4O/c1-28-17-30-15-12-23-22(25(30)31)16-21(18-6-3-2-4-7-18)24(29-23)19-8-10-20(11-9-19)26(27)13-5-14-26/h2-4,6-11,16H,5,12-15,17,27H2. The van der Waals surface area contributed by atoms with Crippen LogP contribution in [0.5, 0.6) is 0 Å². The maximum absolute atomic E-state index is 13.0. The Bertz CT molecular complexity index is 1170. The second-order valence-electron chi connectivity index (χ2n) is 8.45. The second kappa shape index (κ2) is 7.64. The van der Waals surface area contributed by atoms with E-state index in [0.29, 0.717) is 18.5 Å². The zero-order valence-electron chi connectivity index (χ0n) is 17.3. The fraction of sp³-hybridized carbons (Fsp3) is 0.269. The number of hydrogen-bond acceptors (Lipinski definition) is 3. The molecule has 31 heavy (non-hydrogen) atoms. The average molecular weight is 409 g/mol. The first kappa shape index (κ1) is 19.5. The number of carbonyl (C=O) groups is 1. The zero-order chi connectivity index (χ0) is 21.4. The van der Waals surface area contributed by atoms with E-state index < -0.39 is 0 Å². The fourth-order valence-electron chi connectivity index (χ4n) is 4.52. The van der Waals surface area contributed by atoms with Crippen molar-refractivity contribution in [1.82, 2.24) is 9.88 Å². The summed E-state index contributed by atoms with van der Waals surface area (Å²) in [7, 11) is 0. The quantitative estimate of drug-likeness (QED) is 0.640. The van der Waals surface area contributed by atoms with Gasteiger partial charge in [0.05, 0.1) is 17.0 Å². The molecule has 0 bridgehead atoms. The molecule has 1 fully saturated rings. The number of pyridine rings is 1. The van der Waals surface area contributed by atoms with Crippen molar-refractivity contribution in [2.24, 2.45) is 5.73 Å². The molecular formula is C26H24N4O. The van der Waals surface area contributed by atoms with Crippen LogP contribution in [0.2, 0.25) is 0 Å². The van der Waals surface area contributed by atoms with Crippen LogP contribution in [0.3, 0.4) is 0 Å². The Morgan fingerprint density at radius 3 is 2.42 bits per heavy atom. The van der Waals surface area contributed by atoms with Gasteiger partial charge in [0, 0.05) is 29.6 Å². The number of amides is 1. The third kappa shape index (κ3) is 3.39. The molecule has 1 amide bonds. The van der Waals surface area contributed by atoms with E-state index in [-0.39, 0.29) is 18.1 Å². The predicted molar refractivity (Wildman–Crippen MR) is 121 cm³/mol. The van der Waals surface area contributed by atoms with E-state index >= 15 is 0 Å². The molecule has 5 heteroatoms. The van der Waals surface area contributed by atoms with Gasteiger partial charge in [-0.1, -0.05) is 54.6 Å². The van der Waals surface area contributed by atoms with E-state index in [2.05, 4.69) is 29.1 Å². The lowest BCUT2D eigenvalue weighted by atomic mass is 9.72. The molecule has 2 aliphatic rings. The van der Waals surface area contributed by atoms with Crippen molar-refractivity contribution in [2.45, 2.75) is 31.2 Å². The molecule has 0 unspecified atom stereocenters. The summed E-state index contributed by atoms with van der Waals surface area (Å²) in [5.41, 5.74) is 12.7. The molecule has 0 radical (unpaired) electrons. The Balaban J connectivity index is 1.62. The topological polar surface area (TPSA) is 63.6 Å². The number of hydrogen-bond donors (Lipinski definition) is 1. The van der Waals surface area contributed by atoms with Crippen LogP contribution >= 0.6 is 0 Å². The first-order valence-corrected chi connectivity index (χ1v) is 10.7. The van der Waals surface area contributed by atoms with E-state index in [1.54, 1.807) is 4.90 Å². The van der Waals surface area contributed by atoms with Crippen molar-refractivity contribution in [3.05, 3.63) is 88.9 Å². The molecule has 0 atom stereocenters. The molecule has 0 spiro atoms. The Morgan fingerprint density at radius 2 is 1.77 bits per heavy atom. The molecule has 2 N–H and O–H groups in total. The van der Waals surface area contributed by atoms with Crippen molar-refractivity contribution in [3.8, 4) is 22.4 Å². The van der Waals surface area contributed by atoms with Crippen molar-refractivity contribution in [3.63, 3.8) is 0 Å². The van der Waals surface area contributed by atoms with E-state index in [9.17, 15) is 4.79 Å². The monoisotopic (exact) mass is 408 g/mol. The van der Waals surface area contributed by atoms with Crippen LogP contribution in [0.1, 0.15) is 40.9 Å². The van der Waals surface area contributed by atoms with E-state index in [1.165, 1.54) is 12.0 Å². The molecule has 1 saturated carbocycles. The molecule has 0 saturated heterocycles. The van der Waals surface area contributed by atoms with Crippen LogP contribution in [0, 0.1) is 6.57 Å². The molecule has 1 aromatic heterocycles. The van der Waals surface area contributed by atoms with E-state index in [1.807, 2.05) is 36.4 Å². The first-order valence-electron chi connectivity index (χ1n) is 10.7. The summed E-state index contributed by atoms with van der Waals surface area (Å²) in [6, 6.07) is 20.4. The van der Waals surface area contributed by atoms with Gasteiger partial charge in [-0.3, -0.25) is 19.5 Å². The lowest BCUT2D eigenvalue weighted by molar-refractivity contribution is 0.0756. The van der Waals surface area contributed by atoms with Crippen LogP contribution in [0.4, 0.5) is 0 Å². The average Bonchev–Trinajstić information content (AvgIpc) is 2.79. The predicted octanol–water partition coefficient (Wildman–Crippen LogP) is 4.63. The van der Waals surface area contributed by atoms with E-state index in [4.69, 9.17) is 17.3 Å². The van der Waals surface area contributed by atoms with Gasteiger partial charge in [0.2, 0.25) is 0 Å². The third-order valence-electron chi connectivity index (χ3n) is 6.54. The molecule has 2 heterocycles. The normalized spacial score (nSPS) is 16.9. The summed E-state index contributed by atoms with van der Waals surface area (Å²) >= 11 is 0. The van der Waals surface area contributed by atoms with Crippen LogP contribution in [-0.2, 0) is 12.0 Å².